The summed E-state index contributed by atoms with van der Waals surface area (Å²) in [5.74, 6) is -22.3. The molecule has 0 aliphatic carbocycles. The Hall–Kier alpha value is -7.29. The van der Waals surface area contributed by atoms with E-state index in [4.69, 9.17) is 0 Å². The summed E-state index contributed by atoms with van der Waals surface area (Å²) < 4.78 is 464. The fourth-order valence-corrected chi connectivity index (χ4v) is 4.75. The van der Waals surface area contributed by atoms with Crippen molar-refractivity contribution >= 4 is 0 Å². The van der Waals surface area contributed by atoms with Crippen LogP contribution in [0.1, 0.15) is 13.8 Å². The minimum absolute atomic E-state index is 0.0120. The lowest BCUT2D eigenvalue weighted by atomic mass is 10.1. The fraction of sp³-hybridized carbons (Fsp3) is 0.588. The molecule has 0 saturated carbocycles. The van der Waals surface area contributed by atoms with Gasteiger partial charge in [0.2, 0.25) is 0 Å². The van der Waals surface area contributed by atoms with Crippen molar-refractivity contribution in [1.29, 1.82) is 0 Å². The van der Waals surface area contributed by atoms with Crippen LogP contribution < -0.4 is 0 Å². The first-order valence-electron chi connectivity index (χ1n) is 19.7. The van der Waals surface area contributed by atoms with E-state index in [0.29, 0.717) is 6.92 Å². The fourth-order valence-electron chi connectivity index (χ4n) is 4.75. The molecule has 0 bridgehead atoms. The Balaban J connectivity index is 0.000000266. The van der Waals surface area contributed by atoms with Crippen LogP contribution in [0.3, 0.4) is 0 Å². The van der Waals surface area contributed by atoms with Crippen molar-refractivity contribution in [1.82, 2.24) is 0 Å². The molecule has 0 aromatic rings. The van der Waals surface area contributed by atoms with E-state index in [1.54, 1.807) is 0 Å². The van der Waals surface area contributed by atoms with Gasteiger partial charge in [-0.3, -0.25) is 4.74 Å². The normalized spacial score (nSPS) is 30.8. The summed E-state index contributed by atoms with van der Waals surface area (Å²) in [7, 11) is 0. The Morgan fingerprint density at radius 1 is 0.430 bits per heavy atom. The van der Waals surface area contributed by atoms with Crippen LogP contribution in [0, 0.1) is 0 Å². The van der Waals surface area contributed by atoms with Crippen molar-refractivity contribution in [3.63, 3.8) is 0 Å². The molecule has 4 saturated heterocycles. The minimum atomic E-state index is -5.40. The molecular formula is C34H17F33O19. The Labute approximate surface area is 446 Å². The van der Waals surface area contributed by atoms with E-state index in [-0.39, 0.29) is 38.2 Å². The van der Waals surface area contributed by atoms with Gasteiger partial charge in [0, 0.05) is 13.8 Å². The molecule has 4 fully saturated rings. The summed E-state index contributed by atoms with van der Waals surface area (Å²) in [5, 5.41) is 0. The lowest BCUT2D eigenvalue weighted by molar-refractivity contribution is -0.608. The Kier molecular flexibility index (Phi) is 20.8. The Morgan fingerprint density at radius 2 is 0.884 bits per heavy atom. The second kappa shape index (κ2) is 24.5. The van der Waals surface area contributed by atoms with Gasteiger partial charge in [0.1, 0.15) is 6.61 Å². The Morgan fingerprint density at radius 3 is 1.19 bits per heavy atom. The predicted molar refractivity (Wildman–Crippen MR) is 179 cm³/mol. The molecule has 0 N–H and O–H groups in total. The summed E-state index contributed by atoms with van der Waals surface area (Å²) in [6.07, 6.45) is -49.9. The molecular weight excluding hydrogens is 1340 g/mol. The molecule has 86 heavy (non-hydrogen) atoms. The smallest absolute Gasteiger partial charge is 0.454 e. The first kappa shape index (κ1) is 73.0. The average Bonchev–Trinajstić information content (AvgIpc) is 1.23. The lowest BCUT2D eigenvalue weighted by Gasteiger charge is -2.46. The number of alkyl halides is 25. The van der Waals surface area contributed by atoms with Crippen LogP contribution >= 0.6 is 0 Å². The first-order chi connectivity index (χ1) is 38.3. The summed E-state index contributed by atoms with van der Waals surface area (Å²) >= 11 is 0. The molecule has 9 heterocycles. The number of hydrogen-bond donors (Lipinski definition) is 0. The molecule has 0 amide bonds. The molecule has 19 nitrogen and oxygen atoms in total. The van der Waals surface area contributed by atoms with Crippen LogP contribution in [0.5, 0.6) is 0 Å². The van der Waals surface area contributed by atoms with Gasteiger partial charge in [-0.2, -0.15) is 92.2 Å². The summed E-state index contributed by atoms with van der Waals surface area (Å²) in [6, 6.07) is -5.99. The third kappa shape index (κ3) is 18.9. The highest BCUT2D eigenvalue weighted by molar-refractivity contribution is 5.04. The summed E-state index contributed by atoms with van der Waals surface area (Å²) in [4.78, 5) is 0. The second-order valence-corrected chi connectivity index (χ2v) is 14.7. The van der Waals surface area contributed by atoms with Crippen LogP contribution in [0.15, 0.2) is 85.4 Å². The SMILES string of the molecule is CC1(C(F)(F)F)OC=C(F)O1.CC1(F)OC(F)(F)OC(F)(F)C12OC=C(F)O2.FC(F)(F)OC1=COC(F)(F)O1.FC(F)=C1OCC(F)(C(F)(F)F)O1.FC(F)=C1OCC(F)(F)O1.FC1=COC(F)(F)O1.FC1=COC2(COC(F)(F)OC2(F)F)O1. The maximum Gasteiger partial charge on any atom is 0.588 e. The van der Waals surface area contributed by atoms with Crippen molar-refractivity contribution < 1.29 is 235 Å². The summed E-state index contributed by atoms with van der Waals surface area (Å²) in [5.41, 5.74) is 0. The molecule has 5 atom stereocenters. The highest BCUT2D eigenvalue weighted by Gasteiger charge is 2.83. The van der Waals surface area contributed by atoms with Gasteiger partial charge in [-0.05, 0) is 0 Å². The molecule has 9 rings (SSSR count). The van der Waals surface area contributed by atoms with Crippen LogP contribution in [0.25, 0.3) is 0 Å². The van der Waals surface area contributed by atoms with E-state index in [9.17, 15) is 145 Å². The van der Waals surface area contributed by atoms with Crippen molar-refractivity contribution in [2.75, 3.05) is 19.8 Å². The van der Waals surface area contributed by atoms with E-state index in [2.05, 4.69) is 90.0 Å². The van der Waals surface area contributed by atoms with Gasteiger partial charge in [-0.25, -0.2) is 18.6 Å². The molecule has 0 aromatic heterocycles. The highest BCUT2D eigenvalue weighted by atomic mass is 19.4. The largest absolute Gasteiger partial charge is 0.588 e. The van der Waals surface area contributed by atoms with Crippen LogP contribution in [0.4, 0.5) is 145 Å². The minimum Gasteiger partial charge on any atom is -0.454 e. The molecule has 498 valence electrons. The monoisotopic (exact) mass is 1360 g/mol. The maximum atomic E-state index is 13.7. The lowest BCUT2D eigenvalue weighted by Crippen LogP contribution is -2.71. The molecule has 2 spiro atoms. The molecule has 5 unspecified atom stereocenters. The quantitative estimate of drug-likeness (QED) is 0.226. The molecule has 52 heteroatoms. The van der Waals surface area contributed by atoms with Gasteiger partial charge in [0.05, 0.1) is 0 Å². The second-order valence-electron chi connectivity index (χ2n) is 14.7. The van der Waals surface area contributed by atoms with Gasteiger partial charge in [0.15, 0.2) is 44.5 Å². The van der Waals surface area contributed by atoms with Gasteiger partial charge >= 0.3 is 139 Å². The molecule has 0 aromatic carbocycles. The number of ether oxygens (including phenoxy) is 19. The zero-order valence-electron chi connectivity index (χ0n) is 39.2. The molecule has 9 aliphatic heterocycles. The zero-order chi connectivity index (χ0) is 66.8. The van der Waals surface area contributed by atoms with Gasteiger partial charge < -0.3 is 71.1 Å². The van der Waals surface area contributed by atoms with E-state index in [1.807, 2.05) is 0 Å². The third-order valence-electron chi connectivity index (χ3n) is 8.22. The van der Waals surface area contributed by atoms with Gasteiger partial charge in [0.25, 0.3) is 5.85 Å². The van der Waals surface area contributed by atoms with E-state index in [1.165, 1.54) is 0 Å². The number of halogens is 33. The number of rotatable bonds is 1. The van der Waals surface area contributed by atoms with E-state index in [0.717, 1.165) is 0 Å². The molecule has 0 radical (unpaired) electrons. The van der Waals surface area contributed by atoms with Crippen molar-refractivity contribution in [2.45, 2.75) is 105 Å². The standard InChI is InChI=1S/C7H4F6O4.C6H3F5O4.C5H2F6O2.C5H4F4O2.C4HF5O3.C4H2F4O2.C3HF3O2/c1-4(9)5(14-2-3(8)15-5)6(10,11)17-7(12,13)16-4;7-3-1-12-4(14-3)2-13-6(10,11)15-5(4,8)9;6-2(7)3-12-1-4(8,13-3)5(9,10)11;1-4(5(7,8)9)10-2-3(6)11-4;5-3(6,7)11-2-1-10-4(8,9)12-2;5-2(6)3-9-1-4(7,8)10-3;4-2-1-7-3(5,6)8-2/h2H,1H3;1H,2H2;1H2;2H,1H3;1H;1H2;1H. The number of hydrogen-bond acceptors (Lipinski definition) is 19. The van der Waals surface area contributed by atoms with Gasteiger partial charge in [-0.15, -0.1) is 48.3 Å². The first-order valence-corrected chi connectivity index (χ1v) is 19.7. The average molecular weight is 1360 g/mol. The topological polar surface area (TPSA) is 175 Å². The highest BCUT2D eigenvalue weighted by Crippen LogP contribution is 2.56. The van der Waals surface area contributed by atoms with Crippen molar-refractivity contribution in [3.05, 3.63) is 85.4 Å². The van der Waals surface area contributed by atoms with Crippen LogP contribution in [0.2, 0.25) is 0 Å². The van der Waals surface area contributed by atoms with Crippen LogP contribution in [-0.4, -0.2) is 111 Å². The Bertz CT molecular complexity index is 2590. The third-order valence-corrected chi connectivity index (χ3v) is 8.22. The summed E-state index contributed by atoms with van der Waals surface area (Å²) in [6.45, 7) is -3.39. The van der Waals surface area contributed by atoms with E-state index >= 15 is 0 Å². The van der Waals surface area contributed by atoms with E-state index < -0.39 is 165 Å². The van der Waals surface area contributed by atoms with Crippen molar-refractivity contribution in [2.24, 2.45) is 0 Å². The zero-order valence-corrected chi connectivity index (χ0v) is 39.2. The van der Waals surface area contributed by atoms with Crippen LogP contribution in [-0.2, 0) is 90.0 Å². The van der Waals surface area contributed by atoms with Crippen molar-refractivity contribution in [3.8, 4) is 0 Å². The molecule has 9 aliphatic rings. The predicted octanol–water partition coefficient (Wildman–Crippen LogP) is 13.4. The maximum absolute atomic E-state index is 13.7. The van der Waals surface area contributed by atoms with Gasteiger partial charge in [-0.1, -0.05) is 0 Å².